The molecular formula is C13H18ClN3OS. The maximum absolute atomic E-state index is 5.99. The zero-order valence-corrected chi connectivity index (χ0v) is 13.1. The Morgan fingerprint density at radius 3 is 2.79 bits per heavy atom. The summed E-state index contributed by atoms with van der Waals surface area (Å²) >= 11 is 7.61. The van der Waals surface area contributed by atoms with Crippen LogP contribution in [0.4, 0.5) is 5.82 Å². The maximum Gasteiger partial charge on any atom is 0.225 e. The Kier molecular flexibility index (Phi) is 4.60. The van der Waals surface area contributed by atoms with Crippen molar-refractivity contribution in [3.05, 3.63) is 16.2 Å². The summed E-state index contributed by atoms with van der Waals surface area (Å²) in [6.07, 6.45) is 0. The van der Waals surface area contributed by atoms with Gasteiger partial charge in [-0.3, -0.25) is 0 Å². The minimum Gasteiger partial charge on any atom is -0.383 e. The second-order valence-corrected chi connectivity index (χ2v) is 6.44. The highest BCUT2D eigenvalue weighted by Crippen LogP contribution is 2.30. The number of nitrogens with zero attached hydrogens (tertiary/aromatic N) is 2. The SMILES string of the molecule is COCC(Nc1nc(Cl)nc2sc(C)cc12)C(C)C. The lowest BCUT2D eigenvalue weighted by molar-refractivity contribution is 0.171. The van der Waals surface area contributed by atoms with Gasteiger partial charge in [-0.2, -0.15) is 0 Å². The van der Waals surface area contributed by atoms with Crippen LogP contribution in [0.1, 0.15) is 18.7 Å². The number of nitrogens with one attached hydrogen (secondary N) is 1. The average Bonchev–Trinajstić information content (AvgIpc) is 2.68. The van der Waals surface area contributed by atoms with Gasteiger partial charge in [-0.1, -0.05) is 13.8 Å². The number of aromatic nitrogens is 2. The first-order chi connectivity index (χ1) is 9.01. The molecule has 1 atom stereocenters. The summed E-state index contributed by atoms with van der Waals surface area (Å²) < 4.78 is 5.25. The summed E-state index contributed by atoms with van der Waals surface area (Å²) in [6.45, 7) is 6.98. The van der Waals surface area contributed by atoms with Crippen LogP contribution in [0.3, 0.4) is 0 Å². The van der Waals surface area contributed by atoms with Crippen molar-refractivity contribution in [3.8, 4) is 0 Å². The molecule has 2 rings (SSSR count). The number of thiophene rings is 1. The van der Waals surface area contributed by atoms with E-state index < -0.39 is 0 Å². The second kappa shape index (κ2) is 6.03. The quantitative estimate of drug-likeness (QED) is 0.855. The molecule has 19 heavy (non-hydrogen) atoms. The normalized spacial score (nSPS) is 13.2. The predicted octanol–water partition coefficient (Wildman–Crippen LogP) is 3.74. The van der Waals surface area contributed by atoms with Crippen molar-refractivity contribution in [2.24, 2.45) is 5.92 Å². The maximum atomic E-state index is 5.99. The van der Waals surface area contributed by atoms with Crippen LogP contribution in [0.15, 0.2) is 6.07 Å². The molecule has 4 nitrogen and oxygen atoms in total. The molecule has 0 bridgehead atoms. The van der Waals surface area contributed by atoms with E-state index in [0.29, 0.717) is 12.5 Å². The Labute approximate surface area is 122 Å². The molecule has 0 radical (unpaired) electrons. The molecule has 0 spiro atoms. The largest absolute Gasteiger partial charge is 0.383 e. The van der Waals surface area contributed by atoms with Gasteiger partial charge in [0.2, 0.25) is 5.28 Å². The number of fused-ring (bicyclic) bond motifs is 1. The van der Waals surface area contributed by atoms with Crippen LogP contribution in [-0.4, -0.2) is 29.7 Å². The van der Waals surface area contributed by atoms with E-state index in [0.717, 1.165) is 16.0 Å². The monoisotopic (exact) mass is 299 g/mol. The fraction of sp³-hybridized carbons (Fsp3) is 0.538. The number of anilines is 1. The van der Waals surface area contributed by atoms with E-state index in [1.165, 1.54) is 4.88 Å². The number of hydrogen-bond donors (Lipinski definition) is 1. The molecule has 2 aromatic rings. The standard InChI is InChI=1S/C13H18ClN3OS/c1-7(2)10(6-18-4)15-11-9-5-8(3)19-12(9)17-13(14)16-11/h5,7,10H,6H2,1-4H3,(H,15,16,17). The van der Waals surface area contributed by atoms with Crippen LogP contribution in [0.2, 0.25) is 5.28 Å². The Bertz CT molecular complexity index is 570. The van der Waals surface area contributed by atoms with Gasteiger partial charge < -0.3 is 10.1 Å². The lowest BCUT2D eigenvalue weighted by Gasteiger charge is -2.22. The number of rotatable bonds is 5. The van der Waals surface area contributed by atoms with Crippen molar-refractivity contribution < 1.29 is 4.74 Å². The number of ether oxygens (including phenoxy) is 1. The van der Waals surface area contributed by atoms with Crippen molar-refractivity contribution in [1.29, 1.82) is 0 Å². The molecule has 1 N–H and O–H groups in total. The summed E-state index contributed by atoms with van der Waals surface area (Å²) in [6, 6.07) is 2.28. The molecule has 0 fully saturated rings. The number of methoxy groups -OCH3 is 1. The molecule has 2 heterocycles. The Morgan fingerprint density at radius 2 is 2.16 bits per heavy atom. The number of hydrogen-bond acceptors (Lipinski definition) is 5. The van der Waals surface area contributed by atoms with Gasteiger partial charge in [0.15, 0.2) is 0 Å². The molecule has 0 amide bonds. The van der Waals surface area contributed by atoms with Crippen LogP contribution in [0.25, 0.3) is 10.2 Å². The Balaban J connectivity index is 2.37. The molecule has 1 unspecified atom stereocenters. The first-order valence-electron chi connectivity index (χ1n) is 6.20. The Hall–Kier alpha value is -0.910. The fourth-order valence-electron chi connectivity index (χ4n) is 1.88. The van der Waals surface area contributed by atoms with E-state index in [1.807, 2.05) is 0 Å². The van der Waals surface area contributed by atoms with Gasteiger partial charge in [-0.05, 0) is 30.5 Å². The van der Waals surface area contributed by atoms with Crippen LogP contribution in [0, 0.1) is 12.8 Å². The van der Waals surface area contributed by atoms with Gasteiger partial charge in [-0.15, -0.1) is 11.3 Å². The third-order valence-electron chi connectivity index (χ3n) is 2.96. The summed E-state index contributed by atoms with van der Waals surface area (Å²) in [5.74, 6) is 1.22. The average molecular weight is 300 g/mol. The lowest BCUT2D eigenvalue weighted by Crippen LogP contribution is -2.30. The molecule has 0 saturated heterocycles. The van der Waals surface area contributed by atoms with E-state index in [1.54, 1.807) is 18.4 Å². The van der Waals surface area contributed by atoms with Crippen LogP contribution in [0.5, 0.6) is 0 Å². The summed E-state index contributed by atoms with van der Waals surface area (Å²) in [4.78, 5) is 10.7. The zero-order chi connectivity index (χ0) is 14.0. The van der Waals surface area contributed by atoms with Crippen molar-refractivity contribution in [1.82, 2.24) is 9.97 Å². The second-order valence-electron chi connectivity index (χ2n) is 4.87. The highest BCUT2D eigenvalue weighted by atomic mass is 35.5. The van der Waals surface area contributed by atoms with E-state index in [9.17, 15) is 0 Å². The van der Waals surface area contributed by atoms with Crippen molar-refractivity contribution >= 4 is 39.0 Å². The van der Waals surface area contributed by atoms with E-state index in [2.05, 4.69) is 42.1 Å². The smallest absolute Gasteiger partial charge is 0.225 e. The summed E-state index contributed by atoms with van der Waals surface area (Å²) in [7, 11) is 1.70. The molecule has 2 aromatic heterocycles. The number of aryl methyl sites for hydroxylation is 1. The molecule has 0 saturated carbocycles. The van der Waals surface area contributed by atoms with Gasteiger partial charge >= 0.3 is 0 Å². The first-order valence-corrected chi connectivity index (χ1v) is 7.40. The van der Waals surface area contributed by atoms with Crippen LogP contribution < -0.4 is 5.32 Å². The molecule has 0 aliphatic carbocycles. The minimum absolute atomic E-state index is 0.194. The van der Waals surface area contributed by atoms with Gasteiger partial charge in [0.05, 0.1) is 18.0 Å². The molecule has 0 aliphatic rings. The van der Waals surface area contributed by atoms with Gasteiger partial charge in [0, 0.05) is 12.0 Å². The van der Waals surface area contributed by atoms with Crippen molar-refractivity contribution in [2.45, 2.75) is 26.8 Å². The highest BCUT2D eigenvalue weighted by Gasteiger charge is 2.17. The van der Waals surface area contributed by atoms with Crippen LogP contribution in [-0.2, 0) is 4.74 Å². The van der Waals surface area contributed by atoms with Crippen LogP contribution >= 0.6 is 22.9 Å². The van der Waals surface area contributed by atoms with Crippen molar-refractivity contribution in [2.75, 3.05) is 19.0 Å². The first kappa shape index (κ1) is 14.5. The third kappa shape index (κ3) is 3.35. The summed E-state index contributed by atoms with van der Waals surface area (Å²) in [5, 5.41) is 4.72. The molecule has 0 aliphatic heterocycles. The van der Waals surface area contributed by atoms with Gasteiger partial charge in [0.25, 0.3) is 0 Å². The zero-order valence-electron chi connectivity index (χ0n) is 11.5. The lowest BCUT2D eigenvalue weighted by atomic mass is 10.1. The van der Waals surface area contributed by atoms with E-state index in [4.69, 9.17) is 16.3 Å². The number of halogens is 1. The topological polar surface area (TPSA) is 47.0 Å². The molecule has 6 heteroatoms. The fourth-order valence-corrected chi connectivity index (χ4v) is 2.98. The van der Waals surface area contributed by atoms with E-state index >= 15 is 0 Å². The minimum atomic E-state index is 0.194. The Morgan fingerprint density at radius 1 is 1.42 bits per heavy atom. The highest BCUT2D eigenvalue weighted by molar-refractivity contribution is 7.18. The molecule has 0 aromatic carbocycles. The van der Waals surface area contributed by atoms with Gasteiger partial charge in [-0.25, -0.2) is 9.97 Å². The van der Waals surface area contributed by atoms with Gasteiger partial charge in [0.1, 0.15) is 10.6 Å². The van der Waals surface area contributed by atoms with Crippen molar-refractivity contribution in [3.63, 3.8) is 0 Å². The molecular weight excluding hydrogens is 282 g/mol. The molecule has 104 valence electrons. The predicted molar refractivity (Wildman–Crippen MR) is 81.3 cm³/mol. The third-order valence-corrected chi connectivity index (χ3v) is 4.08. The van der Waals surface area contributed by atoms with E-state index in [-0.39, 0.29) is 11.3 Å². The summed E-state index contributed by atoms with van der Waals surface area (Å²) in [5.41, 5.74) is 0.